The fourth-order valence-corrected chi connectivity index (χ4v) is 6.15. The van der Waals surface area contributed by atoms with Crippen molar-refractivity contribution in [1.29, 1.82) is 0 Å². The van der Waals surface area contributed by atoms with Crippen LogP contribution >= 0.6 is 55.1 Å². The van der Waals surface area contributed by atoms with Gasteiger partial charge in [0, 0.05) is 10.4 Å². The first-order valence-corrected chi connectivity index (χ1v) is 13.0. The van der Waals surface area contributed by atoms with E-state index in [1.54, 1.807) is 13.2 Å². The molecule has 7 heteroatoms. The molecule has 0 radical (unpaired) electrons. The lowest BCUT2D eigenvalue weighted by Gasteiger charge is -2.38. The van der Waals surface area contributed by atoms with E-state index in [4.69, 9.17) is 32.7 Å². The highest BCUT2D eigenvalue weighted by Crippen LogP contribution is 2.52. The molecule has 3 atom stereocenters. The van der Waals surface area contributed by atoms with Gasteiger partial charge in [-0.1, -0.05) is 53.6 Å². The van der Waals surface area contributed by atoms with E-state index in [9.17, 15) is 0 Å². The summed E-state index contributed by atoms with van der Waals surface area (Å²) in [5, 5.41) is 4.82. The number of methoxy groups -OCH3 is 1. The minimum atomic E-state index is 0.144. The van der Waals surface area contributed by atoms with Crippen LogP contribution in [0.4, 0.5) is 5.69 Å². The second-order valence-corrected chi connectivity index (χ2v) is 10.8. The molecule has 1 heterocycles. The lowest BCUT2D eigenvalue weighted by atomic mass is 9.77. The Morgan fingerprint density at radius 3 is 2.67 bits per heavy atom. The summed E-state index contributed by atoms with van der Waals surface area (Å²) in [4.78, 5) is 0. The molecule has 0 bridgehead atoms. The van der Waals surface area contributed by atoms with Crippen LogP contribution in [0, 0.1) is 5.92 Å². The Hall–Kier alpha value is -1.66. The fraction of sp³-hybridized carbons (Fsp3) is 0.231. The summed E-state index contributed by atoms with van der Waals surface area (Å²) in [5.74, 6) is 2.16. The molecule has 5 rings (SSSR count). The fourth-order valence-electron chi connectivity index (χ4n) is 4.76. The number of ether oxygens (including phenoxy) is 2. The molecule has 2 aliphatic rings. The molecule has 1 aliphatic heterocycles. The number of fused-ring (bicyclic) bond motifs is 3. The van der Waals surface area contributed by atoms with E-state index in [0.29, 0.717) is 40.0 Å². The van der Waals surface area contributed by atoms with Gasteiger partial charge in [0.2, 0.25) is 0 Å². The van der Waals surface area contributed by atoms with Gasteiger partial charge in [-0.05, 0) is 91.2 Å². The van der Waals surface area contributed by atoms with Crippen LogP contribution in [0.25, 0.3) is 0 Å². The molecule has 1 aliphatic carbocycles. The zero-order chi connectivity index (χ0) is 23.1. The smallest absolute Gasteiger partial charge is 0.175 e. The second-order valence-electron chi connectivity index (χ2n) is 8.25. The third-order valence-electron chi connectivity index (χ3n) is 6.32. The highest BCUT2D eigenvalue weighted by Gasteiger charge is 2.39. The number of para-hydroxylation sites is 1. The maximum Gasteiger partial charge on any atom is 0.175 e. The first-order valence-electron chi connectivity index (χ1n) is 10.6. The van der Waals surface area contributed by atoms with Gasteiger partial charge in [-0.15, -0.1) is 0 Å². The quantitative estimate of drug-likeness (QED) is 0.293. The molecule has 0 spiro atoms. The Morgan fingerprint density at radius 1 is 1.03 bits per heavy atom. The average molecular weight is 610 g/mol. The summed E-state index contributed by atoms with van der Waals surface area (Å²) in [5.41, 5.74) is 4.58. The molecule has 3 nitrogen and oxygen atoms in total. The number of allylic oxidation sites excluding steroid dienone is 2. The van der Waals surface area contributed by atoms with Gasteiger partial charge < -0.3 is 14.8 Å². The van der Waals surface area contributed by atoms with E-state index in [0.717, 1.165) is 32.2 Å². The molecule has 0 saturated carbocycles. The van der Waals surface area contributed by atoms with Crippen molar-refractivity contribution in [2.75, 3.05) is 12.4 Å². The standard InChI is InChI=1S/C26H21Br2Cl2NO2/c1-32-23-12-15(11-20(28)26(23)33-13-14-8-9-21(29)22(30)10-14)24-17-5-2-4-16(17)18-6-3-7-19(27)25(18)31-24/h2-4,6-12,16-17,24,31H,5,13H2,1H3/t16-,17+,24-/m0/s1. The molecule has 170 valence electrons. The van der Waals surface area contributed by atoms with E-state index in [-0.39, 0.29) is 6.04 Å². The number of benzene rings is 3. The SMILES string of the molecule is COc1cc([C@@H]2Nc3c(Br)cccc3[C@H]3C=CC[C@H]32)cc(Br)c1OCc1ccc(Cl)c(Cl)c1. The zero-order valence-corrected chi connectivity index (χ0v) is 22.4. The molecular weight excluding hydrogens is 589 g/mol. The summed E-state index contributed by atoms with van der Waals surface area (Å²) in [6, 6.07) is 16.2. The predicted molar refractivity (Wildman–Crippen MR) is 142 cm³/mol. The summed E-state index contributed by atoms with van der Waals surface area (Å²) in [6.07, 6.45) is 5.66. The lowest BCUT2D eigenvalue weighted by Crippen LogP contribution is -2.29. The van der Waals surface area contributed by atoms with Gasteiger partial charge in [0.05, 0.1) is 33.4 Å². The third-order valence-corrected chi connectivity index (χ3v) is 8.31. The van der Waals surface area contributed by atoms with Crippen molar-refractivity contribution in [2.24, 2.45) is 5.92 Å². The molecule has 0 fully saturated rings. The van der Waals surface area contributed by atoms with Gasteiger partial charge in [-0.25, -0.2) is 0 Å². The topological polar surface area (TPSA) is 30.5 Å². The molecule has 3 aromatic carbocycles. The zero-order valence-electron chi connectivity index (χ0n) is 17.7. The molecule has 0 amide bonds. The van der Waals surface area contributed by atoms with Crippen LogP contribution < -0.4 is 14.8 Å². The van der Waals surface area contributed by atoms with Gasteiger partial charge in [0.25, 0.3) is 0 Å². The van der Waals surface area contributed by atoms with Crippen LogP contribution in [0.1, 0.15) is 35.1 Å². The minimum absolute atomic E-state index is 0.144. The molecule has 3 aromatic rings. The van der Waals surface area contributed by atoms with Gasteiger partial charge >= 0.3 is 0 Å². The maximum atomic E-state index is 6.15. The molecule has 1 N–H and O–H groups in total. The van der Waals surface area contributed by atoms with E-state index in [2.05, 4.69) is 79.7 Å². The number of hydrogen-bond acceptors (Lipinski definition) is 3. The molecule has 0 aromatic heterocycles. The number of nitrogens with one attached hydrogen (secondary N) is 1. The van der Waals surface area contributed by atoms with Crippen molar-refractivity contribution >= 4 is 60.7 Å². The van der Waals surface area contributed by atoms with Crippen LogP contribution in [0.15, 0.2) is 69.6 Å². The number of hydrogen-bond donors (Lipinski definition) is 1. The van der Waals surface area contributed by atoms with E-state index >= 15 is 0 Å². The van der Waals surface area contributed by atoms with Gasteiger partial charge in [0.1, 0.15) is 6.61 Å². The van der Waals surface area contributed by atoms with Crippen LogP contribution in [-0.4, -0.2) is 7.11 Å². The van der Waals surface area contributed by atoms with Gasteiger partial charge in [-0.2, -0.15) is 0 Å². The highest BCUT2D eigenvalue weighted by atomic mass is 79.9. The van der Waals surface area contributed by atoms with E-state index in [1.165, 1.54) is 5.56 Å². The summed E-state index contributed by atoms with van der Waals surface area (Å²) < 4.78 is 13.8. The Balaban J connectivity index is 1.45. The Morgan fingerprint density at radius 2 is 1.88 bits per heavy atom. The Kier molecular flexibility index (Phi) is 6.67. The molecule has 0 saturated heterocycles. The lowest BCUT2D eigenvalue weighted by molar-refractivity contribution is 0.282. The van der Waals surface area contributed by atoms with Crippen LogP contribution in [0.5, 0.6) is 11.5 Å². The minimum Gasteiger partial charge on any atom is -0.493 e. The maximum absolute atomic E-state index is 6.15. The van der Waals surface area contributed by atoms with Crippen molar-refractivity contribution in [1.82, 2.24) is 0 Å². The van der Waals surface area contributed by atoms with Crippen molar-refractivity contribution in [3.05, 3.63) is 96.4 Å². The molecule has 33 heavy (non-hydrogen) atoms. The first kappa shape index (κ1) is 23.1. The second kappa shape index (κ2) is 9.53. The summed E-state index contributed by atoms with van der Waals surface area (Å²) in [6.45, 7) is 0.349. The number of anilines is 1. The van der Waals surface area contributed by atoms with Crippen LogP contribution in [0.3, 0.4) is 0 Å². The normalized spacial score (nSPS) is 20.7. The van der Waals surface area contributed by atoms with Gasteiger partial charge in [-0.3, -0.25) is 0 Å². The van der Waals surface area contributed by atoms with E-state index < -0.39 is 0 Å². The summed E-state index contributed by atoms with van der Waals surface area (Å²) >= 11 is 19.6. The highest BCUT2D eigenvalue weighted by molar-refractivity contribution is 9.11. The van der Waals surface area contributed by atoms with Crippen LogP contribution in [0.2, 0.25) is 10.0 Å². The summed E-state index contributed by atoms with van der Waals surface area (Å²) in [7, 11) is 1.66. The average Bonchev–Trinajstić information content (AvgIpc) is 3.30. The van der Waals surface area contributed by atoms with Crippen molar-refractivity contribution in [2.45, 2.75) is 25.0 Å². The molecular formula is C26H21Br2Cl2NO2. The monoisotopic (exact) mass is 607 g/mol. The molecule has 0 unspecified atom stereocenters. The number of halogens is 4. The van der Waals surface area contributed by atoms with Gasteiger partial charge in [0.15, 0.2) is 11.5 Å². The largest absolute Gasteiger partial charge is 0.493 e. The Labute approximate surface area is 220 Å². The first-order chi connectivity index (χ1) is 16.0. The van der Waals surface area contributed by atoms with Crippen LogP contribution in [-0.2, 0) is 6.61 Å². The number of rotatable bonds is 5. The van der Waals surface area contributed by atoms with Crippen molar-refractivity contribution < 1.29 is 9.47 Å². The Bertz CT molecular complexity index is 1250. The van der Waals surface area contributed by atoms with Crippen molar-refractivity contribution in [3.63, 3.8) is 0 Å². The third kappa shape index (κ3) is 4.41. The predicted octanol–water partition coefficient (Wildman–Crippen LogP) is 8.93. The van der Waals surface area contributed by atoms with E-state index in [1.807, 2.05) is 12.1 Å². The van der Waals surface area contributed by atoms with Crippen molar-refractivity contribution in [3.8, 4) is 11.5 Å².